The Bertz CT molecular complexity index is 960. The number of hydrogen-bond donors (Lipinski definition) is 1. The molecule has 0 fully saturated rings. The van der Waals surface area contributed by atoms with Gasteiger partial charge in [0.05, 0.1) is 35.1 Å². The molecule has 1 N–H and O–H groups in total. The van der Waals surface area contributed by atoms with Gasteiger partial charge in [-0.25, -0.2) is 9.40 Å². The number of amides is 1. The molecule has 0 unspecified atom stereocenters. The van der Waals surface area contributed by atoms with Crippen molar-refractivity contribution < 1.29 is 18.7 Å². The maximum atomic E-state index is 14.2. The molecule has 2 rings (SSSR count). The summed E-state index contributed by atoms with van der Waals surface area (Å²) in [5.41, 5.74) is 2.72. The van der Waals surface area contributed by atoms with E-state index < -0.39 is 11.7 Å². The summed E-state index contributed by atoms with van der Waals surface area (Å²) in [4.78, 5) is 12.7. The van der Waals surface area contributed by atoms with E-state index in [1.54, 1.807) is 13.0 Å². The second-order valence-electron chi connectivity index (χ2n) is 5.36. The van der Waals surface area contributed by atoms with Gasteiger partial charge in [-0.05, 0) is 25.1 Å². The van der Waals surface area contributed by atoms with Crippen LogP contribution in [0.15, 0.2) is 42.5 Å². The van der Waals surface area contributed by atoms with Gasteiger partial charge >= 0.3 is 0 Å². The number of halogens is 3. The fourth-order valence-corrected chi connectivity index (χ4v) is 2.77. The maximum absolute atomic E-state index is 14.2. The summed E-state index contributed by atoms with van der Waals surface area (Å²) in [5, 5.41) is 10.3. The number of nitrogens with zero attached hydrogens (tertiary/aromatic N) is 2. The van der Waals surface area contributed by atoms with Gasteiger partial charge in [0.2, 0.25) is 0 Å². The molecule has 28 heavy (non-hydrogen) atoms. The predicted octanol–water partition coefficient (Wildman–Crippen LogP) is 4.98. The van der Waals surface area contributed by atoms with Gasteiger partial charge in [0, 0.05) is 12.1 Å². The number of carbonyl (C=O) groups excluding carboxylic acids is 1. The first-order valence-electron chi connectivity index (χ1n) is 7.97. The molecular weight excluding hydrogens is 408 g/mol. The highest BCUT2D eigenvalue weighted by atomic mass is 35.5. The third-order valence-electron chi connectivity index (χ3n) is 3.53. The quantitative estimate of drug-likeness (QED) is 0.386. The lowest BCUT2D eigenvalue weighted by molar-refractivity contribution is -0.114. The van der Waals surface area contributed by atoms with Crippen molar-refractivity contribution in [1.82, 2.24) is 0 Å². The Kier molecular flexibility index (Phi) is 7.10. The van der Waals surface area contributed by atoms with Crippen molar-refractivity contribution in [2.45, 2.75) is 6.92 Å². The molecule has 0 bridgehead atoms. The van der Waals surface area contributed by atoms with Gasteiger partial charge in [0.15, 0.2) is 11.6 Å². The van der Waals surface area contributed by atoms with Crippen LogP contribution in [0.4, 0.5) is 15.8 Å². The highest BCUT2D eigenvalue weighted by Crippen LogP contribution is 2.37. The third kappa shape index (κ3) is 4.66. The van der Waals surface area contributed by atoms with Crippen LogP contribution in [0.5, 0.6) is 11.5 Å². The van der Waals surface area contributed by atoms with Crippen molar-refractivity contribution in [3.63, 3.8) is 0 Å². The second-order valence-corrected chi connectivity index (χ2v) is 6.17. The van der Waals surface area contributed by atoms with Gasteiger partial charge in [0.25, 0.3) is 5.91 Å². The van der Waals surface area contributed by atoms with Crippen LogP contribution in [0.25, 0.3) is 0 Å². The molecule has 0 radical (unpaired) electrons. The zero-order chi connectivity index (χ0) is 20.8. The van der Waals surface area contributed by atoms with Crippen molar-refractivity contribution in [1.29, 1.82) is 5.26 Å². The van der Waals surface area contributed by atoms with E-state index in [0.29, 0.717) is 6.61 Å². The fraction of sp³-hybridized carbons (Fsp3) is 0.158. The standard InChI is InChI=1S/C19H16Cl2FN3O3/c1-4-28-17-6-5-12(7-15(17)22)24-25(19(26)11(2)10-23)16-9-18(27-3)14(21)8-13(16)20/h5-9,24H,2,4H2,1,3H3. The number of carbonyl (C=O) groups is 1. The lowest BCUT2D eigenvalue weighted by Crippen LogP contribution is -2.37. The molecule has 0 aliphatic rings. The molecule has 0 saturated carbocycles. The van der Waals surface area contributed by atoms with E-state index in [1.807, 2.05) is 0 Å². The number of nitrogens with one attached hydrogen (secondary N) is 1. The van der Waals surface area contributed by atoms with Gasteiger partial charge in [0.1, 0.15) is 17.4 Å². The molecule has 2 aromatic carbocycles. The Morgan fingerprint density at radius 3 is 2.57 bits per heavy atom. The fourth-order valence-electron chi connectivity index (χ4n) is 2.22. The summed E-state index contributed by atoms with van der Waals surface area (Å²) in [6, 6.07) is 8.52. The minimum atomic E-state index is -0.789. The van der Waals surface area contributed by atoms with Crippen LogP contribution in [0.3, 0.4) is 0 Å². The van der Waals surface area contributed by atoms with E-state index in [2.05, 4.69) is 12.0 Å². The first kappa shape index (κ1) is 21.4. The van der Waals surface area contributed by atoms with Gasteiger partial charge < -0.3 is 9.47 Å². The third-order valence-corrected chi connectivity index (χ3v) is 4.13. The SMILES string of the molecule is C=C(C#N)C(=O)N(Nc1ccc(OCC)c(F)c1)c1cc(OC)c(Cl)cc1Cl. The number of nitriles is 1. The smallest absolute Gasteiger partial charge is 0.287 e. The number of benzene rings is 2. The van der Waals surface area contributed by atoms with Crippen molar-refractivity contribution in [3.8, 4) is 17.6 Å². The molecule has 146 valence electrons. The maximum Gasteiger partial charge on any atom is 0.287 e. The number of methoxy groups -OCH3 is 1. The number of hydrazine groups is 1. The van der Waals surface area contributed by atoms with Crippen LogP contribution < -0.4 is 19.9 Å². The monoisotopic (exact) mass is 423 g/mol. The number of rotatable bonds is 7. The largest absolute Gasteiger partial charge is 0.495 e. The average molecular weight is 424 g/mol. The topological polar surface area (TPSA) is 74.6 Å². The first-order chi connectivity index (χ1) is 13.3. The van der Waals surface area contributed by atoms with Crippen molar-refractivity contribution in [2.75, 3.05) is 24.2 Å². The van der Waals surface area contributed by atoms with E-state index in [1.165, 1.54) is 31.4 Å². The Hall–Kier alpha value is -2.95. The van der Waals surface area contributed by atoms with Gasteiger partial charge in [-0.1, -0.05) is 29.8 Å². The molecule has 6 nitrogen and oxygen atoms in total. The van der Waals surface area contributed by atoms with E-state index >= 15 is 0 Å². The minimum absolute atomic E-state index is 0.0681. The Morgan fingerprint density at radius 2 is 2.00 bits per heavy atom. The normalized spacial score (nSPS) is 10.0. The van der Waals surface area contributed by atoms with Crippen molar-refractivity contribution in [3.05, 3.63) is 58.3 Å². The summed E-state index contributed by atoms with van der Waals surface area (Å²) in [5.74, 6) is -1.10. The van der Waals surface area contributed by atoms with Gasteiger partial charge in [-0.3, -0.25) is 10.2 Å². The molecule has 0 saturated heterocycles. The van der Waals surface area contributed by atoms with E-state index in [-0.39, 0.29) is 38.5 Å². The zero-order valence-electron chi connectivity index (χ0n) is 15.1. The molecule has 0 aliphatic heterocycles. The van der Waals surface area contributed by atoms with Crippen LogP contribution in [-0.4, -0.2) is 19.6 Å². The molecular formula is C19H16Cl2FN3O3. The molecule has 2 aromatic rings. The molecule has 0 aromatic heterocycles. The number of hydrogen-bond acceptors (Lipinski definition) is 5. The van der Waals surface area contributed by atoms with Crippen LogP contribution in [0.2, 0.25) is 10.0 Å². The van der Waals surface area contributed by atoms with Crippen LogP contribution in [-0.2, 0) is 4.79 Å². The summed E-state index contributed by atoms with van der Waals surface area (Å²) in [7, 11) is 1.40. The summed E-state index contributed by atoms with van der Waals surface area (Å²) in [6.45, 7) is 5.45. The van der Waals surface area contributed by atoms with Crippen LogP contribution in [0.1, 0.15) is 6.92 Å². The molecule has 0 spiro atoms. The first-order valence-corrected chi connectivity index (χ1v) is 8.73. The highest BCUT2D eigenvalue weighted by Gasteiger charge is 2.23. The number of ether oxygens (including phenoxy) is 2. The van der Waals surface area contributed by atoms with E-state index in [9.17, 15) is 9.18 Å². The van der Waals surface area contributed by atoms with E-state index in [4.69, 9.17) is 37.9 Å². The summed E-state index contributed by atoms with van der Waals surface area (Å²) < 4.78 is 24.5. The highest BCUT2D eigenvalue weighted by molar-refractivity contribution is 6.37. The predicted molar refractivity (Wildman–Crippen MR) is 106 cm³/mol. The molecule has 0 aliphatic carbocycles. The second kappa shape index (κ2) is 9.31. The van der Waals surface area contributed by atoms with Crippen molar-refractivity contribution >= 4 is 40.5 Å². The number of anilines is 2. The lowest BCUT2D eigenvalue weighted by Gasteiger charge is -2.25. The molecule has 0 atom stereocenters. The Balaban J connectivity index is 2.50. The summed E-state index contributed by atoms with van der Waals surface area (Å²) >= 11 is 12.3. The zero-order valence-corrected chi connectivity index (χ0v) is 16.6. The Labute approximate surface area is 171 Å². The molecule has 9 heteroatoms. The van der Waals surface area contributed by atoms with E-state index in [0.717, 1.165) is 11.1 Å². The summed E-state index contributed by atoms with van der Waals surface area (Å²) in [6.07, 6.45) is 0. The van der Waals surface area contributed by atoms with Gasteiger partial charge in [-0.2, -0.15) is 5.26 Å². The molecule has 0 heterocycles. The minimum Gasteiger partial charge on any atom is -0.495 e. The lowest BCUT2D eigenvalue weighted by atomic mass is 10.2. The Morgan fingerprint density at radius 1 is 1.29 bits per heavy atom. The van der Waals surface area contributed by atoms with Crippen LogP contribution >= 0.6 is 23.2 Å². The molecule has 1 amide bonds. The van der Waals surface area contributed by atoms with Crippen LogP contribution in [0, 0.1) is 17.1 Å². The average Bonchev–Trinajstić information content (AvgIpc) is 2.67. The van der Waals surface area contributed by atoms with Crippen molar-refractivity contribution in [2.24, 2.45) is 0 Å². The van der Waals surface area contributed by atoms with Gasteiger partial charge in [-0.15, -0.1) is 0 Å².